The summed E-state index contributed by atoms with van der Waals surface area (Å²) in [5, 5.41) is 0. The zero-order chi connectivity index (χ0) is 15.3. The SMILES string of the molecule is CCCN(CCC)S(=O)(=O)c1cc(N)c(OC)c(F)c1. The lowest BCUT2D eigenvalue weighted by atomic mass is 10.3. The molecule has 0 saturated heterocycles. The number of benzene rings is 1. The first-order valence-corrected chi connectivity index (χ1v) is 7.95. The van der Waals surface area contributed by atoms with Gasteiger partial charge in [-0.05, 0) is 25.0 Å². The number of anilines is 1. The summed E-state index contributed by atoms with van der Waals surface area (Å²) in [6.07, 6.45) is 1.38. The van der Waals surface area contributed by atoms with E-state index in [4.69, 9.17) is 10.5 Å². The number of nitrogens with zero attached hydrogens (tertiary/aromatic N) is 1. The zero-order valence-corrected chi connectivity index (χ0v) is 12.8. The van der Waals surface area contributed by atoms with Crippen molar-refractivity contribution in [3.63, 3.8) is 0 Å². The predicted molar refractivity (Wildman–Crippen MR) is 76.7 cm³/mol. The molecular weight excluding hydrogens is 283 g/mol. The number of hydrogen-bond acceptors (Lipinski definition) is 4. The minimum atomic E-state index is -3.74. The van der Waals surface area contributed by atoms with E-state index in [-0.39, 0.29) is 16.3 Å². The van der Waals surface area contributed by atoms with Crippen LogP contribution in [0.3, 0.4) is 0 Å². The Morgan fingerprint density at radius 2 is 1.80 bits per heavy atom. The Morgan fingerprint density at radius 1 is 1.25 bits per heavy atom. The van der Waals surface area contributed by atoms with Crippen LogP contribution in [0.25, 0.3) is 0 Å². The summed E-state index contributed by atoms with van der Waals surface area (Å²) in [4.78, 5) is -0.143. The fourth-order valence-electron chi connectivity index (χ4n) is 1.95. The van der Waals surface area contributed by atoms with E-state index >= 15 is 0 Å². The second-order valence-corrected chi connectivity index (χ2v) is 6.37. The summed E-state index contributed by atoms with van der Waals surface area (Å²) < 4.78 is 44.9. The first kappa shape index (κ1) is 16.7. The fraction of sp³-hybridized carbons (Fsp3) is 0.538. The standard InChI is InChI=1S/C13H21FN2O3S/c1-4-6-16(7-5-2)20(17,18)10-8-11(14)13(19-3)12(15)9-10/h8-9H,4-7,15H2,1-3H3. The average molecular weight is 304 g/mol. The Bertz CT molecular complexity index is 532. The smallest absolute Gasteiger partial charge is 0.243 e. The number of rotatable bonds is 7. The van der Waals surface area contributed by atoms with Gasteiger partial charge in [-0.1, -0.05) is 13.8 Å². The van der Waals surface area contributed by atoms with Gasteiger partial charge in [0.15, 0.2) is 11.6 Å². The second kappa shape index (κ2) is 6.90. The van der Waals surface area contributed by atoms with Crippen LogP contribution in [0.15, 0.2) is 17.0 Å². The molecule has 0 radical (unpaired) electrons. The van der Waals surface area contributed by atoms with E-state index in [9.17, 15) is 12.8 Å². The summed E-state index contributed by atoms with van der Waals surface area (Å²) in [6.45, 7) is 4.57. The number of nitrogens with two attached hydrogens (primary N) is 1. The van der Waals surface area contributed by atoms with Gasteiger partial charge in [0, 0.05) is 13.1 Å². The largest absolute Gasteiger partial charge is 0.492 e. The molecule has 20 heavy (non-hydrogen) atoms. The summed E-state index contributed by atoms with van der Waals surface area (Å²) in [5.74, 6) is -0.916. The summed E-state index contributed by atoms with van der Waals surface area (Å²) in [5.41, 5.74) is 5.60. The fourth-order valence-corrected chi connectivity index (χ4v) is 3.63. The molecule has 0 spiro atoms. The van der Waals surface area contributed by atoms with Crippen molar-refractivity contribution in [3.8, 4) is 5.75 Å². The molecule has 7 heteroatoms. The molecule has 1 aromatic carbocycles. The van der Waals surface area contributed by atoms with E-state index in [0.29, 0.717) is 25.9 Å². The highest BCUT2D eigenvalue weighted by atomic mass is 32.2. The molecule has 0 saturated carbocycles. The van der Waals surface area contributed by atoms with Gasteiger partial charge >= 0.3 is 0 Å². The van der Waals surface area contributed by atoms with E-state index in [0.717, 1.165) is 6.07 Å². The van der Waals surface area contributed by atoms with E-state index in [1.807, 2.05) is 13.8 Å². The Labute approximate surface area is 119 Å². The van der Waals surface area contributed by atoms with Crippen molar-refractivity contribution < 1.29 is 17.5 Å². The van der Waals surface area contributed by atoms with Crippen molar-refractivity contribution in [2.75, 3.05) is 25.9 Å². The number of methoxy groups -OCH3 is 1. The first-order valence-electron chi connectivity index (χ1n) is 6.51. The molecule has 1 aromatic rings. The highest BCUT2D eigenvalue weighted by Crippen LogP contribution is 2.29. The molecule has 114 valence electrons. The van der Waals surface area contributed by atoms with Gasteiger partial charge in [-0.3, -0.25) is 0 Å². The average Bonchev–Trinajstić information content (AvgIpc) is 2.38. The molecule has 2 N–H and O–H groups in total. The molecule has 0 bridgehead atoms. The lowest BCUT2D eigenvalue weighted by Crippen LogP contribution is -2.32. The zero-order valence-electron chi connectivity index (χ0n) is 12.0. The van der Waals surface area contributed by atoms with Crippen molar-refractivity contribution in [1.29, 1.82) is 0 Å². The van der Waals surface area contributed by atoms with Gasteiger partial charge < -0.3 is 10.5 Å². The molecular formula is C13H21FN2O3S. The third kappa shape index (κ3) is 3.40. The van der Waals surface area contributed by atoms with Gasteiger partial charge in [-0.2, -0.15) is 4.31 Å². The van der Waals surface area contributed by atoms with Gasteiger partial charge in [0.2, 0.25) is 10.0 Å². The molecule has 1 rings (SSSR count). The summed E-state index contributed by atoms with van der Waals surface area (Å²) >= 11 is 0. The highest BCUT2D eigenvalue weighted by Gasteiger charge is 2.25. The molecule has 5 nitrogen and oxygen atoms in total. The minimum absolute atomic E-state index is 0.0287. The number of sulfonamides is 1. The lowest BCUT2D eigenvalue weighted by Gasteiger charge is -2.21. The third-order valence-electron chi connectivity index (χ3n) is 2.83. The predicted octanol–water partition coefficient (Wildman–Crippen LogP) is 2.23. The minimum Gasteiger partial charge on any atom is -0.492 e. The van der Waals surface area contributed by atoms with Crippen LogP contribution in [0.4, 0.5) is 10.1 Å². The Hall–Kier alpha value is -1.34. The molecule has 0 fully saturated rings. The van der Waals surface area contributed by atoms with E-state index < -0.39 is 15.8 Å². The number of ether oxygens (including phenoxy) is 1. The van der Waals surface area contributed by atoms with Crippen LogP contribution < -0.4 is 10.5 Å². The van der Waals surface area contributed by atoms with Crippen LogP contribution in [0.2, 0.25) is 0 Å². The van der Waals surface area contributed by atoms with Crippen molar-refractivity contribution in [1.82, 2.24) is 4.31 Å². The Morgan fingerprint density at radius 3 is 2.20 bits per heavy atom. The number of hydrogen-bond donors (Lipinski definition) is 1. The van der Waals surface area contributed by atoms with Gasteiger partial charge in [-0.15, -0.1) is 0 Å². The maximum Gasteiger partial charge on any atom is 0.243 e. The maximum absolute atomic E-state index is 13.8. The van der Waals surface area contributed by atoms with Crippen molar-refractivity contribution in [2.45, 2.75) is 31.6 Å². The van der Waals surface area contributed by atoms with E-state index in [1.165, 1.54) is 17.5 Å². The van der Waals surface area contributed by atoms with Crippen molar-refractivity contribution in [3.05, 3.63) is 17.9 Å². The van der Waals surface area contributed by atoms with E-state index in [1.54, 1.807) is 0 Å². The van der Waals surface area contributed by atoms with Crippen LogP contribution in [0.1, 0.15) is 26.7 Å². The van der Waals surface area contributed by atoms with Crippen molar-refractivity contribution >= 4 is 15.7 Å². The first-order chi connectivity index (χ1) is 9.38. The molecule has 0 amide bonds. The van der Waals surface area contributed by atoms with Crippen molar-refractivity contribution in [2.24, 2.45) is 0 Å². The Balaban J connectivity index is 3.27. The van der Waals surface area contributed by atoms with Gasteiger partial charge in [0.1, 0.15) is 0 Å². The van der Waals surface area contributed by atoms with Gasteiger partial charge in [0.05, 0.1) is 17.7 Å². The van der Waals surface area contributed by atoms with Crippen LogP contribution in [-0.4, -0.2) is 32.9 Å². The van der Waals surface area contributed by atoms with E-state index in [2.05, 4.69) is 0 Å². The molecule has 0 atom stereocenters. The summed E-state index contributed by atoms with van der Waals surface area (Å²) in [7, 11) is -2.46. The molecule has 0 aromatic heterocycles. The van der Waals surface area contributed by atoms with Gasteiger partial charge in [-0.25, -0.2) is 12.8 Å². The van der Waals surface area contributed by atoms with Crippen LogP contribution in [0.5, 0.6) is 5.75 Å². The monoisotopic (exact) mass is 304 g/mol. The highest BCUT2D eigenvalue weighted by molar-refractivity contribution is 7.89. The number of halogens is 1. The summed E-state index contributed by atoms with van der Waals surface area (Å²) in [6, 6.07) is 2.18. The molecule has 0 heterocycles. The lowest BCUT2D eigenvalue weighted by molar-refractivity contribution is 0.386. The normalized spacial score (nSPS) is 11.8. The third-order valence-corrected chi connectivity index (χ3v) is 4.71. The Kier molecular flexibility index (Phi) is 5.76. The number of nitrogen functional groups attached to an aromatic ring is 1. The molecule has 0 aliphatic rings. The topological polar surface area (TPSA) is 72.6 Å². The van der Waals surface area contributed by atoms with Gasteiger partial charge in [0.25, 0.3) is 0 Å². The van der Waals surface area contributed by atoms with Crippen LogP contribution in [-0.2, 0) is 10.0 Å². The maximum atomic E-state index is 13.8. The molecule has 0 aliphatic carbocycles. The molecule has 0 unspecified atom stereocenters. The second-order valence-electron chi connectivity index (χ2n) is 4.43. The molecule has 0 aliphatic heterocycles. The van der Waals surface area contributed by atoms with Crippen LogP contribution in [0, 0.1) is 5.82 Å². The van der Waals surface area contributed by atoms with Crippen LogP contribution >= 0.6 is 0 Å². The quantitative estimate of drug-likeness (QED) is 0.784.